The van der Waals surface area contributed by atoms with Gasteiger partial charge in [0.25, 0.3) is 5.91 Å². The Bertz CT molecular complexity index is 1180. The molecule has 0 bridgehead atoms. The fourth-order valence-corrected chi connectivity index (χ4v) is 4.25. The lowest BCUT2D eigenvalue weighted by molar-refractivity contribution is -0.133. The number of nitrogens with one attached hydrogen (secondary N) is 2. The van der Waals surface area contributed by atoms with Crippen LogP contribution in [0.5, 0.6) is 5.75 Å². The lowest BCUT2D eigenvalue weighted by Gasteiger charge is -2.22. The van der Waals surface area contributed by atoms with E-state index in [1.165, 1.54) is 42.5 Å². The van der Waals surface area contributed by atoms with Gasteiger partial charge >= 0.3 is 6.03 Å². The van der Waals surface area contributed by atoms with E-state index in [-0.39, 0.29) is 0 Å². The fourth-order valence-electron chi connectivity index (χ4n) is 3.34. The molecule has 1 unspecified atom stereocenters. The summed E-state index contributed by atoms with van der Waals surface area (Å²) in [4.78, 5) is 43.0. The molecule has 4 amide bonds. The minimum atomic E-state index is -1.38. The Hall–Kier alpha value is -3.53. The third-order valence-electron chi connectivity index (χ3n) is 4.92. The highest BCUT2D eigenvalue weighted by Gasteiger charge is 2.49. The molecule has 8 nitrogen and oxygen atoms in total. The predicted molar refractivity (Wildman–Crippen MR) is 113 cm³/mol. The number of hydrogen-bond donors (Lipinski definition) is 2. The number of thiazole rings is 1. The van der Waals surface area contributed by atoms with Crippen LogP contribution in [-0.2, 0) is 15.1 Å². The first-order valence-corrected chi connectivity index (χ1v) is 10.3. The van der Waals surface area contributed by atoms with Crippen LogP contribution in [-0.4, -0.2) is 40.9 Å². The molecule has 1 atom stereocenters. The van der Waals surface area contributed by atoms with Crippen molar-refractivity contribution in [1.29, 1.82) is 0 Å². The van der Waals surface area contributed by atoms with Crippen LogP contribution in [0.2, 0.25) is 0 Å². The van der Waals surface area contributed by atoms with Crippen molar-refractivity contribution in [3.8, 4) is 5.75 Å². The molecule has 1 saturated heterocycles. The summed E-state index contributed by atoms with van der Waals surface area (Å²) in [5.74, 6) is -0.902. The number of carbonyl (C=O) groups is 3. The predicted octanol–water partition coefficient (Wildman–Crippen LogP) is 3.24. The topological polar surface area (TPSA) is 101 Å². The number of anilines is 1. The number of hydrogen-bond acceptors (Lipinski definition) is 6. The fraction of sp³-hybridized carbons (Fsp3) is 0.238. The highest BCUT2D eigenvalue weighted by molar-refractivity contribution is 7.22. The van der Waals surface area contributed by atoms with Gasteiger partial charge in [-0.15, -0.1) is 0 Å². The second-order valence-corrected chi connectivity index (χ2v) is 8.11. The SMILES string of the molecule is CCOc1ccc2nc(NC(=O)CN3C(=O)NC(C)(c4ccc(F)cc4)C3=O)sc2c1. The maximum Gasteiger partial charge on any atom is 0.325 e. The van der Waals surface area contributed by atoms with E-state index in [0.29, 0.717) is 28.6 Å². The van der Waals surface area contributed by atoms with Gasteiger partial charge in [-0.05, 0) is 49.7 Å². The molecule has 0 saturated carbocycles. The van der Waals surface area contributed by atoms with Crippen molar-refractivity contribution < 1.29 is 23.5 Å². The Labute approximate surface area is 181 Å². The van der Waals surface area contributed by atoms with Gasteiger partial charge in [0, 0.05) is 0 Å². The number of nitrogens with zero attached hydrogens (tertiary/aromatic N) is 2. The number of ether oxygens (including phenoxy) is 1. The third kappa shape index (κ3) is 3.93. The Kier molecular flexibility index (Phi) is 5.32. The van der Waals surface area contributed by atoms with E-state index in [0.717, 1.165) is 9.60 Å². The van der Waals surface area contributed by atoms with Crippen LogP contribution < -0.4 is 15.4 Å². The van der Waals surface area contributed by atoms with Crippen LogP contribution >= 0.6 is 11.3 Å². The molecule has 0 spiro atoms. The zero-order valence-electron chi connectivity index (χ0n) is 16.8. The van der Waals surface area contributed by atoms with Gasteiger partial charge in [-0.1, -0.05) is 23.5 Å². The van der Waals surface area contributed by atoms with Gasteiger partial charge in [0.2, 0.25) is 5.91 Å². The summed E-state index contributed by atoms with van der Waals surface area (Å²) >= 11 is 1.26. The molecule has 31 heavy (non-hydrogen) atoms. The maximum absolute atomic E-state index is 13.2. The molecule has 2 heterocycles. The maximum atomic E-state index is 13.2. The van der Waals surface area contributed by atoms with Crippen LogP contribution in [0.1, 0.15) is 19.4 Å². The summed E-state index contributed by atoms with van der Waals surface area (Å²) in [6.45, 7) is 3.47. The normalized spacial score (nSPS) is 18.4. The van der Waals surface area contributed by atoms with E-state index in [2.05, 4.69) is 15.6 Å². The number of fused-ring (bicyclic) bond motifs is 1. The molecule has 2 N–H and O–H groups in total. The molecule has 3 aromatic rings. The van der Waals surface area contributed by atoms with Crippen molar-refractivity contribution in [3.63, 3.8) is 0 Å². The average molecular weight is 442 g/mol. The van der Waals surface area contributed by atoms with Crippen LogP contribution in [0.4, 0.5) is 14.3 Å². The van der Waals surface area contributed by atoms with E-state index < -0.39 is 35.7 Å². The Balaban J connectivity index is 1.47. The lowest BCUT2D eigenvalue weighted by Crippen LogP contribution is -2.42. The molecule has 1 aromatic heterocycles. The molecule has 4 rings (SSSR count). The first kappa shape index (κ1) is 20.7. The minimum Gasteiger partial charge on any atom is -0.494 e. The highest BCUT2D eigenvalue weighted by Crippen LogP contribution is 2.31. The first-order valence-electron chi connectivity index (χ1n) is 9.53. The van der Waals surface area contributed by atoms with Crippen molar-refractivity contribution in [3.05, 3.63) is 53.8 Å². The molecule has 0 aliphatic carbocycles. The van der Waals surface area contributed by atoms with Gasteiger partial charge in [-0.3, -0.25) is 14.5 Å². The van der Waals surface area contributed by atoms with Crippen molar-refractivity contribution in [2.24, 2.45) is 0 Å². The summed E-state index contributed by atoms with van der Waals surface area (Å²) in [5.41, 5.74) is -0.259. The molecule has 10 heteroatoms. The monoisotopic (exact) mass is 442 g/mol. The summed E-state index contributed by atoms with van der Waals surface area (Å²) in [7, 11) is 0. The third-order valence-corrected chi connectivity index (χ3v) is 5.85. The zero-order chi connectivity index (χ0) is 22.2. The van der Waals surface area contributed by atoms with E-state index in [4.69, 9.17) is 4.74 Å². The number of amides is 4. The number of imide groups is 1. The summed E-state index contributed by atoms with van der Waals surface area (Å²) < 4.78 is 19.5. The van der Waals surface area contributed by atoms with Crippen LogP contribution in [0.25, 0.3) is 10.2 Å². The second-order valence-electron chi connectivity index (χ2n) is 7.08. The molecular formula is C21H19FN4O4S. The van der Waals surface area contributed by atoms with Crippen LogP contribution in [0.15, 0.2) is 42.5 Å². The molecular weight excluding hydrogens is 423 g/mol. The van der Waals surface area contributed by atoms with Gasteiger partial charge in [0.1, 0.15) is 23.7 Å². The van der Waals surface area contributed by atoms with E-state index in [9.17, 15) is 18.8 Å². The van der Waals surface area contributed by atoms with Gasteiger partial charge in [-0.2, -0.15) is 0 Å². The van der Waals surface area contributed by atoms with Gasteiger partial charge in [-0.25, -0.2) is 14.2 Å². The standard InChI is InChI=1S/C21H19FN4O4S/c1-3-30-14-8-9-15-16(10-14)31-19(23-15)24-17(27)11-26-18(28)21(2,25-20(26)29)12-4-6-13(22)7-5-12/h4-10H,3,11H2,1-2H3,(H,25,29)(H,23,24,27). The molecule has 2 aromatic carbocycles. The molecule has 0 radical (unpaired) electrons. The van der Waals surface area contributed by atoms with Crippen molar-refractivity contribution in [1.82, 2.24) is 15.2 Å². The smallest absolute Gasteiger partial charge is 0.325 e. The molecule has 160 valence electrons. The van der Waals surface area contributed by atoms with Gasteiger partial charge in [0.05, 0.1) is 16.8 Å². The molecule has 1 aliphatic rings. The second kappa shape index (κ2) is 7.95. The van der Waals surface area contributed by atoms with E-state index in [1.54, 1.807) is 12.1 Å². The number of rotatable bonds is 6. The Morgan fingerprint density at radius 3 is 2.71 bits per heavy atom. The quantitative estimate of drug-likeness (QED) is 0.571. The number of urea groups is 1. The van der Waals surface area contributed by atoms with Crippen molar-refractivity contribution in [2.75, 3.05) is 18.5 Å². The number of aromatic nitrogens is 1. The van der Waals surface area contributed by atoms with Gasteiger partial charge in [0.15, 0.2) is 5.13 Å². The van der Waals surface area contributed by atoms with E-state index in [1.807, 2.05) is 13.0 Å². The average Bonchev–Trinajstić information content (AvgIpc) is 3.22. The molecule has 1 fully saturated rings. The Morgan fingerprint density at radius 1 is 1.26 bits per heavy atom. The summed E-state index contributed by atoms with van der Waals surface area (Å²) in [5, 5.41) is 5.56. The zero-order valence-corrected chi connectivity index (χ0v) is 17.6. The van der Waals surface area contributed by atoms with Gasteiger partial charge < -0.3 is 15.4 Å². The largest absolute Gasteiger partial charge is 0.494 e. The number of halogens is 1. The minimum absolute atomic E-state index is 0.349. The van der Waals surface area contributed by atoms with Crippen LogP contribution in [0, 0.1) is 5.82 Å². The Morgan fingerprint density at radius 2 is 2.00 bits per heavy atom. The summed E-state index contributed by atoms with van der Waals surface area (Å²) in [6.07, 6.45) is 0. The van der Waals surface area contributed by atoms with Crippen LogP contribution in [0.3, 0.4) is 0 Å². The molecule has 1 aliphatic heterocycles. The first-order chi connectivity index (χ1) is 14.8. The van der Waals surface area contributed by atoms with Crippen molar-refractivity contribution in [2.45, 2.75) is 19.4 Å². The number of carbonyl (C=O) groups excluding carboxylic acids is 3. The van der Waals surface area contributed by atoms with E-state index >= 15 is 0 Å². The lowest BCUT2D eigenvalue weighted by atomic mass is 9.92. The van der Waals surface area contributed by atoms with Crippen molar-refractivity contribution >= 4 is 44.5 Å². The highest BCUT2D eigenvalue weighted by atomic mass is 32.1. The number of benzene rings is 2. The summed E-state index contributed by atoms with van der Waals surface area (Å²) in [6, 6.07) is 9.98.